The van der Waals surface area contributed by atoms with E-state index in [0.717, 1.165) is 5.56 Å². The van der Waals surface area contributed by atoms with Gasteiger partial charge in [0.25, 0.3) is 0 Å². The van der Waals surface area contributed by atoms with E-state index in [1.807, 2.05) is 18.2 Å². The third-order valence-electron chi connectivity index (χ3n) is 4.13. The average Bonchev–Trinajstić information content (AvgIpc) is 2.70. The van der Waals surface area contributed by atoms with Crippen LogP contribution in [0.3, 0.4) is 0 Å². The number of hydrogen-bond donors (Lipinski definition) is 1. The van der Waals surface area contributed by atoms with E-state index in [9.17, 15) is 5.11 Å². The Hall–Kier alpha value is -3.12. The second kappa shape index (κ2) is 7.41. The molecule has 0 saturated heterocycles. The number of rotatable bonds is 5. The van der Waals surface area contributed by atoms with Gasteiger partial charge in [-0.15, -0.1) is 0 Å². The standard InChI is InChI=1S/C20H18N2O4/c23-20-17-10-15(24-12-14-5-8-21-9-6-14)3-4-18(17)25-13-19(20)26-16-2-1-7-22-11-16/h1-11,19-20,23H,12-13H2/t19-,20+/m1/s1. The molecule has 4 rings (SSSR count). The van der Waals surface area contributed by atoms with Gasteiger partial charge in [-0.05, 0) is 48.0 Å². The van der Waals surface area contributed by atoms with Crippen molar-refractivity contribution in [2.24, 2.45) is 0 Å². The average molecular weight is 350 g/mol. The van der Waals surface area contributed by atoms with Crippen molar-refractivity contribution in [1.82, 2.24) is 9.97 Å². The summed E-state index contributed by atoms with van der Waals surface area (Å²) in [4.78, 5) is 8.00. The van der Waals surface area contributed by atoms with Crippen molar-refractivity contribution in [3.8, 4) is 17.2 Å². The second-order valence-corrected chi connectivity index (χ2v) is 5.94. The molecule has 1 aliphatic rings. The maximum absolute atomic E-state index is 10.7. The summed E-state index contributed by atoms with van der Waals surface area (Å²) in [7, 11) is 0. The first-order valence-corrected chi connectivity index (χ1v) is 8.33. The molecule has 3 aromatic rings. The molecular formula is C20H18N2O4. The molecule has 2 atom stereocenters. The second-order valence-electron chi connectivity index (χ2n) is 5.94. The van der Waals surface area contributed by atoms with Crippen LogP contribution in [0.15, 0.2) is 67.3 Å². The largest absolute Gasteiger partial charge is 0.489 e. The number of ether oxygens (including phenoxy) is 3. The third kappa shape index (κ3) is 3.60. The van der Waals surface area contributed by atoms with Gasteiger partial charge in [0.05, 0.1) is 6.20 Å². The Kier molecular flexibility index (Phi) is 4.66. The molecule has 1 N–H and O–H groups in total. The van der Waals surface area contributed by atoms with Gasteiger partial charge in [-0.3, -0.25) is 9.97 Å². The molecule has 1 aromatic carbocycles. The van der Waals surface area contributed by atoms with E-state index in [4.69, 9.17) is 14.2 Å². The maximum Gasteiger partial charge on any atom is 0.163 e. The van der Waals surface area contributed by atoms with Gasteiger partial charge in [-0.25, -0.2) is 0 Å². The summed E-state index contributed by atoms with van der Waals surface area (Å²) in [6.45, 7) is 0.689. The van der Waals surface area contributed by atoms with Gasteiger partial charge < -0.3 is 19.3 Å². The highest BCUT2D eigenvalue weighted by Gasteiger charge is 2.31. The number of benzene rings is 1. The van der Waals surface area contributed by atoms with Gasteiger partial charge in [-0.2, -0.15) is 0 Å². The minimum Gasteiger partial charge on any atom is -0.489 e. The maximum atomic E-state index is 10.7. The summed E-state index contributed by atoms with van der Waals surface area (Å²) in [6.07, 6.45) is 5.40. The van der Waals surface area contributed by atoms with Crippen molar-refractivity contribution < 1.29 is 19.3 Å². The zero-order chi connectivity index (χ0) is 17.8. The van der Waals surface area contributed by atoms with Gasteiger partial charge in [0.1, 0.15) is 36.6 Å². The fourth-order valence-corrected chi connectivity index (χ4v) is 2.78. The summed E-state index contributed by atoms with van der Waals surface area (Å²) in [5.41, 5.74) is 1.67. The first-order chi connectivity index (χ1) is 12.8. The highest BCUT2D eigenvalue weighted by atomic mass is 16.5. The predicted molar refractivity (Wildman–Crippen MR) is 94.1 cm³/mol. The van der Waals surface area contributed by atoms with Crippen molar-refractivity contribution in [3.63, 3.8) is 0 Å². The molecular weight excluding hydrogens is 332 g/mol. The monoisotopic (exact) mass is 350 g/mol. The number of fused-ring (bicyclic) bond motifs is 1. The van der Waals surface area contributed by atoms with Crippen LogP contribution < -0.4 is 14.2 Å². The Bertz CT molecular complexity index is 858. The van der Waals surface area contributed by atoms with Crippen molar-refractivity contribution in [1.29, 1.82) is 0 Å². The zero-order valence-electron chi connectivity index (χ0n) is 14.0. The molecule has 0 bridgehead atoms. The van der Waals surface area contributed by atoms with Crippen molar-refractivity contribution in [2.75, 3.05) is 6.61 Å². The van der Waals surface area contributed by atoms with E-state index >= 15 is 0 Å². The number of pyridine rings is 2. The Labute approximate surface area is 151 Å². The molecule has 3 heterocycles. The first-order valence-electron chi connectivity index (χ1n) is 8.33. The Morgan fingerprint density at radius 2 is 1.92 bits per heavy atom. The van der Waals surface area contributed by atoms with Crippen LogP contribution in [0.5, 0.6) is 17.2 Å². The van der Waals surface area contributed by atoms with Crippen LogP contribution in [0.1, 0.15) is 17.2 Å². The minimum atomic E-state index is -0.816. The summed E-state index contributed by atoms with van der Waals surface area (Å²) in [5, 5.41) is 10.7. The highest BCUT2D eigenvalue weighted by molar-refractivity contribution is 5.43. The Balaban J connectivity index is 1.48. The SMILES string of the molecule is O[C@H]1c2cc(OCc3ccncc3)ccc2OC[C@H]1Oc1cccnc1. The topological polar surface area (TPSA) is 73.7 Å². The zero-order valence-corrected chi connectivity index (χ0v) is 14.0. The van der Waals surface area contributed by atoms with Crippen LogP contribution in [0.4, 0.5) is 0 Å². The molecule has 26 heavy (non-hydrogen) atoms. The molecule has 0 radical (unpaired) electrons. The molecule has 1 aliphatic heterocycles. The lowest BCUT2D eigenvalue weighted by Gasteiger charge is -2.30. The summed E-state index contributed by atoms with van der Waals surface area (Å²) in [5.74, 6) is 1.89. The van der Waals surface area contributed by atoms with E-state index in [1.165, 1.54) is 0 Å². The van der Waals surface area contributed by atoms with Crippen molar-refractivity contribution in [2.45, 2.75) is 18.8 Å². The fraction of sp³-hybridized carbons (Fsp3) is 0.200. The van der Waals surface area contributed by atoms with Gasteiger partial charge in [0.2, 0.25) is 0 Å². The summed E-state index contributed by atoms with van der Waals surface area (Å²) in [6, 6.07) is 12.8. The van der Waals surface area contributed by atoms with E-state index in [1.54, 1.807) is 49.1 Å². The lowest BCUT2D eigenvalue weighted by atomic mass is 10.0. The molecule has 6 heteroatoms. The number of aliphatic hydroxyl groups excluding tert-OH is 1. The first kappa shape index (κ1) is 16.4. The smallest absolute Gasteiger partial charge is 0.163 e. The van der Waals surface area contributed by atoms with Crippen LogP contribution in [0.25, 0.3) is 0 Å². The number of hydrogen-bond acceptors (Lipinski definition) is 6. The lowest BCUT2D eigenvalue weighted by Crippen LogP contribution is -2.35. The quantitative estimate of drug-likeness (QED) is 0.763. The van der Waals surface area contributed by atoms with Crippen molar-refractivity contribution >= 4 is 0 Å². The van der Waals surface area contributed by atoms with Crippen LogP contribution >= 0.6 is 0 Å². The molecule has 132 valence electrons. The molecule has 0 saturated carbocycles. The Morgan fingerprint density at radius 1 is 1.04 bits per heavy atom. The van der Waals surface area contributed by atoms with E-state index in [-0.39, 0.29) is 6.61 Å². The molecule has 6 nitrogen and oxygen atoms in total. The van der Waals surface area contributed by atoms with Crippen LogP contribution in [0.2, 0.25) is 0 Å². The summed E-state index contributed by atoms with van der Waals surface area (Å²) < 4.78 is 17.4. The van der Waals surface area contributed by atoms with Crippen LogP contribution in [-0.4, -0.2) is 27.8 Å². The lowest BCUT2D eigenvalue weighted by molar-refractivity contribution is -0.0106. The minimum absolute atomic E-state index is 0.264. The molecule has 0 fully saturated rings. The van der Waals surface area contributed by atoms with Gasteiger partial charge in [-0.1, -0.05) is 0 Å². The highest BCUT2D eigenvalue weighted by Crippen LogP contribution is 2.36. The summed E-state index contributed by atoms with van der Waals surface area (Å²) >= 11 is 0. The van der Waals surface area contributed by atoms with Gasteiger partial charge in [0.15, 0.2) is 6.10 Å². The number of aromatic nitrogens is 2. The van der Waals surface area contributed by atoms with Gasteiger partial charge >= 0.3 is 0 Å². The van der Waals surface area contributed by atoms with Crippen LogP contribution in [0, 0.1) is 0 Å². The normalized spacial score (nSPS) is 18.5. The van der Waals surface area contributed by atoms with E-state index in [2.05, 4.69) is 9.97 Å². The Morgan fingerprint density at radius 3 is 2.73 bits per heavy atom. The predicted octanol–water partition coefficient (Wildman–Crippen LogP) is 2.93. The fourth-order valence-electron chi connectivity index (χ4n) is 2.78. The number of aliphatic hydroxyl groups is 1. The molecule has 2 aromatic heterocycles. The van der Waals surface area contributed by atoms with E-state index in [0.29, 0.717) is 29.4 Å². The van der Waals surface area contributed by atoms with E-state index < -0.39 is 12.2 Å². The molecule has 0 amide bonds. The number of nitrogens with zero attached hydrogens (tertiary/aromatic N) is 2. The van der Waals surface area contributed by atoms with Crippen LogP contribution in [-0.2, 0) is 6.61 Å². The van der Waals surface area contributed by atoms with Crippen molar-refractivity contribution in [3.05, 3.63) is 78.4 Å². The van der Waals surface area contributed by atoms with Gasteiger partial charge in [0, 0.05) is 24.2 Å². The molecule has 0 unspecified atom stereocenters. The molecule has 0 aliphatic carbocycles. The third-order valence-corrected chi connectivity index (χ3v) is 4.13. The molecule has 0 spiro atoms.